The fraction of sp³-hybridized carbons (Fsp3) is 0.400. The van der Waals surface area contributed by atoms with Crippen LogP contribution in [0.15, 0.2) is 12.1 Å². The van der Waals surface area contributed by atoms with Crippen LogP contribution in [0.3, 0.4) is 0 Å². The maximum absolute atomic E-state index is 9.17. The summed E-state index contributed by atoms with van der Waals surface area (Å²) in [6, 6.07) is 4.18. The lowest BCUT2D eigenvalue weighted by atomic mass is 10.1. The van der Waals surface area contributed by atoms with Crippen LogP contribution in [0.4, 0.5) is 0 Å². The van der Waals surface area contributed by atoms with Gasteiger partial charge < -0.3 is 9.84 Å². The van der Waals surface area contributed by atoms with Crippen LogP contribution in [0, 0.1) is 27.7 Å². The first-order chi connectivity index (χ1) is 9.02. The summed E-state index contributed by atoms with van der Waals surface area (Å²) in [6.07, 6.45) is 0. The molecular weight excluding hydrogens is 258 g/mol. The first-order valence-electron chi connectivity index (χ1n) is 6.28. The van der Waals surface area contributed by atoms with E-state index in [0.29, 0.717) is 6.61 Å². The van der Waals surface area contributed by atoms with Gasteiger partial charge in [0.25, 0.3) is 0 Å². The lowest BCUT2D eigenvalue weighted by molar-refractivity contribution is 0.284. The highest BCUT2D eigenvalue weighted by atomic mass is 32.1. The van der Waals surface area contributed by atoms with Gasteiger partial charge in [0.15, 0.2) is 0 Å². The number of rotatable bonds is 4. The molecule has 2 rings (SSSR count). The first-order valence-corrected chi connectivity index (χ1v) is 7.10. The molecule has 0 radical (unpaired) electrons. The van der Waals surface area contributed by atoms with Crippen molar-refractivity contribution in [3.8, 4) is 5.75 Å². The van der Waals surface area contributed by atoms with Gasteiger partial charge in [-0.1, -0.05) is 12.1 Å². The molecule has 0 spiro atoms. The van der Waals surface area contributed by atoms with Crippen LogP contribution in [0.2, 0.25) is 0 Å². The number of benzene rings is 1. The Hall–Kier alpha value is -1.39. The molecule has 1 aromatic heterocycles. The van der Waals surface area contributed by atoms with Crippen molar-refractivity contribution in [1.82, 2.24) is 4.98 Å². The minimum Gasteiger partial charge on any atom is -0.486 e. The number of hydrogen-bond acceptors (Lipinski definition) is 4. The van der Waals surface area contributed by atoms with E-state index in [1.54, 1.807) is 0 Å². The molecule has 102 valence electrons. The molecule has 0 saturated heterocycles. The zero-order valence-electron chi connectivity index (χ0n) is 11.8. The smallest absolute Gasteiger partial charge is 0.140 e. The lowest BCUT2D eigenvalue weighted by Crippen LogP contribution is -1.99. The summed E-state index contributed by atoms with van der Waals surface area (Å²) in [5, 5.41) is 10.1. The monoisotopic (exact) mass is 277 g/mol. The molecular formula is C15H19NO2S. The average molecular weight is 277 g/mol. The highest BCUT2D eigenvalue weighted by Gasteiger charge is 2.10. The van der Waals surface area contributed by atoms with Gasteiger partial charge in [-0.15, -0.1) is 11.3 Å². The molecule has 0 unspecified atom stereocenters. The molecule has 0 amide bonds. The number of aryl methyl sites for hydroxylation is 3. The Balaban J connectivity index is 2.16. The van der Waals surface area contributed by atoms with Gasteiger partial charge in [0.1, 0.15) is 17.4 Å². The average Bonchev–Trinajstić information content (AvgIpc) is 2.74. The fourth-order valence-electron chi connectivity index (χ4n) is 1.98. The molecule has 4 heteroatoms. The topological polar surface area (TPSA) is 42.4 Å². The summed E-state index contributed by atoms with van der Waals surface area (Å²) in [5.74, 6) is 0.943. The Bertz CT molecular complexity index is 590. The van der Waals surface area contributed by atoms with E-state index in [2.05, 4.69) is 31.0 Å². The Labute approximate surface area is 117 Å². The van der Waals surface area contributed by atoms with Gasteiger partial charge in [0.05, 0.1) is 17.2 Å². The molecule has 0 aliphatic carbocycles. The fourth-order valence-corrected chi connectivity index (χ4v) is 2.82. The highest BCUT2D eigenvalue weighted by Crippen LogP contribution is 2.27. The normalized spacial score (nSPS) is 10.8. The SMILES string of the molecule is Cc1ccc(C)c(OCc2nc(C)c(CO)s2)c1C. The van der Waals surface area contributed by atoms with E-state index in [0.717, 1.165) is 26.9 Å². The summed E-state index contributed by atoms with van der Waals surface area (Å²) >= 11 is 1.51. The molecule has 1 heterocycles. The van der Waals surface area contributed by atoms with Crippen LogP contribution >= 0.6 is 11.3 Å². The summed E-state index contributed by atoms with van der Waals surface area (Å²) in [7, 11) is 0. The van der Waals surface area contributed by atoms with Crippen LogP contribution in [0.25, 0.3) is 0 Å². The zero-order valence-corrected chi connectivity index (χ0v) is 12.6. The van der Waals surface area contributed by atoms with Crippen molar-refractivity contribution in [3.63, 3.8) is 0 Å². The molecule has 0 saturated carbocycles. The number of nitrogens with zero attached hydrogens (tertiary/aromatic N) is 1. The standard InChI is InChI=1S/C15H19NO2S/c1-9-5-6-10(2)15(11(9)3)18-8-14-16-12(4)13(7-17)19-14/h5-6,17H,7-8H2,1-4H3. The third-order valence-corrected chi connectivity index (χ3v) is 4.41. The van der Waals surface area contributed by atoms with Gasteiger partial charge in [-0.2, -0.15) is 0 Å². The van der Waals surface area contributed by atoms with E-state index in [1.807, 2.05) is 13.8 Å². The highest BCUT2D eigenvalue weighted by molar-refractivity contribution is 7.11. The second kappa shape index (κ2) is 5.72. The van der Waals surface area contributed by atoms with Gasteiger partial charge in [-0.3, -0.25) is 0 Å². The second-order valence-electron chi connectivity index (χ2n) is 4.72. The number of aliphatic hydroxyl groups is 1. The van der Waals surface area contributed by atoms with Crippen molar-refractivity contribution in [3.05, 3.63) is 44.4 Å². The molecule has 0 aliphatic rings. The number of aromatic nitrogens is 1. The molecule has 0 fully saturated rings. The predicted octanol–water partition coefficient (Wildman–Crippen LogP) is 3.45. The minimum absolute atomic E-state index is 0.0476. The number of ether oxygens (including phenoxy) is 1. The molecule has 1 N–H and O–H groups in total. The molecule has 2 aromatic rings. The molecule has 0 bridgehead atoms. The van der Waals surface area contributed by atoms with Crippen LogP contribution in [0.5, 0.6) is 5.75 Å². The van der Waals surface area contributed by atoms with Crippen molar-refractivity contribution in [2.45, 2.75) is 40.9 Å². The van der Waals surface area contributed by atoms with E-state index in [-0.39, 0.29) is 6.61 Å². The Morgan fingerprint density at radius 1 is 1.16 bits per heavy atom. The predicted molar refractivity (Wildman–Crippen MR) is 77.8 cm³/mol. The summed E-state index contributed by atoms with van der Waals surface area (Å²) in [5.41, 5.74) is 4.44. The van der Waals surface area contributed by atoms with Crippen molar-refractivity contribution < 1.29 is 9.84 Å². The third kappa shape index (κ3) is 2.96. The maximum atomic E-state index is 9.17. The van der Waals surface area contributed by atoms with Gasteiger partial charge in [0.2, 0.25) is 0 Å². The largest absolute Gasteiger partial charge is 0.486 e. The molecule has 0 atom stereocenters. The van der Waals surface area contributed by atoms with Crippen molar-refractivity contribution in [2.75, 3.05) is 0 Å². The quantitative estimate of drug-likeness (QED) is 0.930. The van der Waals surface area contributed by atoms with Crippen LogP contribution in [-0.4, -0.2) is 10.1 Å². The second-order valence-corrected chi connectivity index (χ2v) is 5.88. The van der Waals surface area contributed by atoms with E-state index in [4.69, 9.17) is 4.74 Å². The van der Waals surface area contributed by atoms with Crippen LogP contribution in [0.1, 0.15) is 32.3 Å². The van der Waals surface area contributed by atoms with Crippen molar-refractivity contribution in [1.29, 1.82) is 0 Å². The van der Waals surface area contributed by atoms with E-state index in [1.165, 1.54) is 22.5 Å². The van der Waals surface area contributed by atoms with Crippen LogP contribution < -0.4 is 4.74 Å². The summed E-state index contributed by atoms with van der Waals surface area (Å²) in [6.45, 7) is 8.62. The number of hydrogen-bond donors (Lipinski definition) is 1. The lowest BCUT2D eigenvalue weighted by Gasteiger charge is -2.12. The molecule has 0 aliphatic heterocycles. The Kier molecular flexibility index (Phi) is 4.22. The molecule has 3 nitrogen and oxygen atoms in total. The summed E-state index contributed by atoms with van der Waals surface area (Å²) in [4.78, 5) is 5.33. The summed E-state index contributed by atoms with van der Waals surface area (Å²) < 4.78 is 5.91. The van der Waals surface area contributed by atoms with E-state index in [9.17, 15) is 5.11 Å². The van der Waals surface area contributed by atoms with E-state index < -0.39 is 0 Å². The van der Waals surface area contributed by atoms with Gasteiger partial charge in [-0.05, 0) is 44.4 Å². The van der Waals surface area contributed by atoms with Gasteiger partial charge in [-0.25, -0.2) is 4.98 Å². The molecule has 1 aromatic carbocycles. The van der Waals surface area contributed by atoms with Crippen molar-refractivity contribution >= 4 is 11.3 Å². The van der Waals surface area contributed by atoms with Crippen molar-refractivity contribution in [2.24, 2.45) is 0 Å². The van der Waals surface area contributed by atoms with Gasteiger partial charge in [0, 0.05) is 0 Å². The van der Waals surface area contributed by atoms with Gasteiger partial charge >= 0.3 is 0 Å². The van der Waals surface area contributed by atoms with E-state index >= 15 is 0 Å². The number of thiazole rings is 1. The maximum Gasteiger partial charge on any atom is 0.140 e. The Morgan fingerprint density at radius 2 is 1.84 bits per heavy atom. The third-order valence-electron chi connectivity index (χ3n) is 3.29. The minimum atomic E-state index is 0.0476. The van der Waals surface area contributed by atoms with Crippen LogP contribution in [-0.2, 0) is 13.2 Å². The molecule has 19 heavy (non-hydrogen) atoms. The first kappa shape index (κ1) is 14.0. The Morgan fingerprint density at radius 3 is 2.47 bits per heavy atom. The zero-order chi connectivity index (χ0) is 14.0. The number of aliphatic hydroxyl groups excluding tert-OH is 1.